The van der Waals surface area contributed by atoms with Gasteiger partial charge in [-0.25, -0.2) is 14.8 Å². The van der Waals surface area contributed by atoms with Crippen molar-refractivity contribution in [3.05, 3.63) is 83.3 Å². The fourth-order valence-corrected chi connectivity index (χ4v) is 3.30. The Balaban J connectivity index is 1.58. The minimum absolute atomic E-state index is 0.0579. The molecule has 0 aliphatic carbocycles. The van der Waals surface area contributed by atoms with Crippen LogP contribution >= 0.6 is 0 Å². The van der Waals surface area contributed by atoms with Crippen molar-refractivity contribution in [2.24, 2.45) is 0 Å². The standard InChI is InChI=1S/C25H25N5O5/c1-15-9-18(3-5-19(15)25(33)34)13-27-16(2)21-12-23(29-14-28-21)30-24(32)11-17-4-6-22(20(26)10-17)35-8-7-31/h3-7,9-10,12,14,27H,2,8,11,13,26H2,1H3,(H,33,34)(H,28,29,30,32). The number of carbonyl (C=O) groups is 3. The highest BCUT2D eigenvalue weighted by molar-refractivity contribution is 5.92. The van der Waals surface area contributed by atoms with Gasteiger partial charge in [-0.05, 0) is 41.8 Å². The zero-order valence-corrected chi connectivity index (χ0v) is 19.1. The molecule has 0 spiro atoms. The van der Waals surface area contributed by atoms with E-state index >= 15 is 0 Å². The molecular weight excluding hydrogens is 450 g/mol. The summed E-state index contributed by atoms with van der Waals surface area (Å²) in [6.45, 7) is 6.04. The maximum Gasteiger partial charge on any atom is 0.335 e. The van der Waals surface area contributed by atoms with Gasteiger partial charge in [0.15, 0.2) is 6.29 Å². The molecule has 0 saturated carbocycles. The molecule has 5 N–H and O–H groups in total. The highest BCUT2D eigenvalue weighted by Gasteiger charge is 2.11. The number of aromatic nitrogens is 2. The van der Waals surface area contributed by atoms with Gasteiger partial charge in [-0.3, -0.25) is 9.59 Å². The van der Waals surface area contributed by atoms with E-state index in [-0.39, 0.29) is 24.5 Å². The Labute approximate surface area is 201 Å². The Kier molecular flexibility index (Phi) is 8.12. The van der Waals surface area contributed by atoms with Gasteiger partial charge in [-0.15, -0.1) is 0 Å². The first-order valence-corrected chi connectivity index (χ1v) is 10.6. The third-order valence-corrected chi connectivity index (χ3v) is 5.02. The number of nitrogens with two attached hydrogens (primary N) is 1. The van der Waals surface area contributed by atoms with Gasteiger partial charge in [0.25, 0.3) is 0 Å². The molecule has 1 amide bonds. The number of nitrogen functional groups attached to an aromatic ring is 1. The van der Waals surface area contributed by atoms with Gasteiger partial charge in [-0.1, -0.05) is 24.8 Å². The second kappa shape index (κ2) is 11.4. The number of aldehydes is 1. The van der Waals surface area contributed by atoms with Gasteiger partial charge in [0.2, 0.25) is 5.91 Å². The molecule has 35 heavy (non-hydrogen) atoms. The topological polar surface area (TPSA) is 157 Å². The highest BCUT2D eigenvalue weighted by Crippen LogP contribution is 2.23. The van der Waals surface area contributed by atoms with E-state index in [4.69, 9.17) is 15.6 Å². The van der Waals surface area contributed by atoms with Gasteiger partial charge in [0, 0.05) is 12.6 Å². The maximum absolute atomic E-state index is 12.5. The van der Waals surface area contributed by atoms with Crippen LogP contribution in [-0.4, -0.2) is 39.8 Å². The van der Waals surface area contributed by atoms with Gasteiger partial charge in [0.05, 0.1) is 29.1 Å². The summed E-state index contributed by atoms with van der Waals surface area (Å²) >= 11 is 0. The molecule has 0 radical (unpaired) electrons. The first kappa shape index (κ1) is 24.9. The van der Waals surface area contributed by atoms with E-state index in [1.54, 1.807) is 49.4 Å². The normalized spacial score (nSPS) is 10.3. The molecule has 3 aromatic rings. The molecule has 0 atom stereocenters. The van der Waals surface area contributed by atoms with Crippen molar-refractivity contribution in [1.82, 2.24) is 15.3 Å². The third kappa shape index (κ3) is 6.87. The number of rotatable bonds is 11. The molecule has 0 aliphatic rings. The quantitative estimate of drug-likeness (QED) is 0.242. The predicted octanol–water partition coefficient (Wildman–Crippen LogP) is 2.58. The van der Waals surface area contributed by atoms with E-state index in [0.717, 1.165) is 5.56 Å². The minimum Gasteiger partial charge on any atom is -0.484 e. The number of aromatic carboxylic acids is 1. The van der Waals surface area contributed by atoms with E-state index in [1.807, 2.05) is 0 Å². The second-order valence-electron chi connectivity index (χ2n) is 7.65. The molecule has 2 aromatic carbocycles. The molecule has 3 rings (SSSR count). The van der Waals surface area contributed by atoms with Crippen LogP contribution in [0.5, 0.6) is 5.75 Å². The summed E-state index contributed by atoms with van der Waals surface area (Å²) in [6.07, 6.45) is 2.00. The maximum atomic E-state index is 12.5. The van der Waals surface area contributed by atoms with E-state index in [9.17, 15) is 14.4 Å². The lowest BCUT2D eigenvalue weighted by molar-refractivity contribution is -0.115. The SMILES string of the molecule is C=C(NCc1ccc(C(=O)O)c(C)c1)c1cc(NC(=O)Cc2ccc(OCC=O)c(N)c2)ncn1. The summed E-state index contributed by atoms with van der Waals surface area (Å²) in [6, 6.07) is 11.6. The molecule has 0 saturated heterocycles. The summed E-state index contributed by atoms with van der Waals surface area (Å²) in [4.78, 5) is 42.3. The largest absolute Gasteiger partial charge is 0.484 e. The van der Waals surface area contributed by atoms with Gasteiger partial charge in [0.1, 0.15) is 24.5 Å². The number of nitrogens with zero attached hydrogens (tertiary/aromatic N) is 2. The number of benzene rings is 2. The van der Waals surface area contributed by atoms with Crippen molar-refractivity contribution in [3.63, 3.8) is 0 Å². The van der Waals surface area contributed by atoms with Crippen molar-refractivity contribution in [2.75, 3.05) is 17.7 Å². The van der Waals surface area contributed by atoms with Crippen LogP contribution in [0.2, 0.25) is 0 Å². The summed E-state index contributed by atoms with van der Waals surface area (Å²) < 4.78 is 5.20. The Hall–Kier alpha value is -4.73. The zero-order valence-electron chi connectivity index (χ0n) is 19.1. The molecule has 1 heterocycles. The monoisotopic (exact) mass is 475 g/mol. The number of amides is 1. The lowest BCUT2D eigenvalue weighted by atomic mass is 10.1. The van der Waals surface area contributed by atoms with Gasteiger partial charge in [-0.2, -0.15) is 0 Å². The number of carboxylic acids is 1. The Morgan fingerprint density at radius 2 is 1.91 bits per heavy atom. The van der Waals surface area contributed by atoms with Crippen LogP contribution in [0.1, 0.15) is 32.7 Å². The van der Waals surface area contributed by atoms with Crippen LogP contribution in [0.3, 0.4) is 0 Å². The zero-order chi connectivity index (χ0) is 25.4. The molecule has 0 bridgehead atoms. The van der Waals surface area contributed by atoms with Crippen molar-refractivity contribution in [2.45, 2.75) is 19.9 Å². The average Bonchev–Trinajstić information content (AvgIpc) is 2.82. The molecule has 180 valence electrons. The number of carbonyl (C=O) groups excluding carboxylic acids is 2. The molecule has 0 aliphatic heterocycles. The highest BCUT2D eigenvalue weighted by atomic mass is 16.5. The fraction of sp³-hybridized carbons (Fsp3) is 0.160. The van der Waals surface area contributed by atoms with Crippen LogP contribution in [0.15, 0.2) is 55.4 Å². The Bertz CT molecular complexity index is 1270. The second-order valence-corrected chi connectivity index (χ2v) is 7.65. The molecule has 0 fully saturated rings. The number of ether oxygens (including phenoxy) is 1. The van der Waals surface area contributed by atoms with Gasteiger partial charge < -0.3 is 26.2 Å². The molecule has 1 aromatic heterocycles. The van der Waals surface area contributed by atoms with Crippen LogP contribution in [0.25, 0.3) is 5.70 Å². The van der Waals surface area contributed by atoms with E-state index < -0.39 is 5.97 Å². The van der Waals surface area contributed by atoms with Crippen LogP contribution < -0.4 is 21.1 Å². The fourth-order valence-electron chi connectivity index (χ4n) is 3.30. The van der Waals surface area contributed by atoms with Crippen molar-refractivity contribution in [1.29, 1.82) is 0 Å². The summed E-state index contributed by atoms with van der Waals surface area (Å²) in [5.41, 5.74) is 9.73. The van der Waals surface area contributed by atoms with Crippen molar-refractivity contribution in [3.8, 4) is 5.75 Å². The van der Waals surface area contributed by atoms with Crippen LogP contribution in [0.4, 0.5) is 11.5 Å². The lowest BCUT2D eigenvalue weighted by Gasteiger charge is -2.12. The molecular formula is C25H25N5O5. The van der Waals surface area contributed by atoms with Gasteiger partial charge >= 0.3 is 5.97 Å². The smallest absolute Gasteiger partial charge is 0.335 e. The molecule has 0 unspecified atom stereocenters. The number of hydrogen-bond acceptors (Lipinski definition) is 8. The Morgan fingerprint density at radius 1 is 1.14 bits per heavy atom. The third-order valence-electron chi connectivity index (χ3n) is 5.02. The number of aryl methyl sites for hydroxylation is 1. The van der Waals surface area contributed by atoms with E-state index in [0.29, 0.717) is 52.6 Å². The van der Waals surface area contributed by atoms with Crippen LogP contribution in [0, 0.1) is 6.92 Å². The molecule has 10 nitrogen and oxygen atoms in total. The van der Waals surface area contributed by atoms with E-state index in [1.165, 1.54) is 6.33 Å². The summed E-state index contributed by atoms with van der Waals surface area (Å²) in [5, 5.41) is 15.0. The number of anilines is 2. The molecule has 10 heteroatoms. The first-order chi connectivity index (χ1) is 16.8. The number of hydrogen-bond donors (Lipinski definition) is 4. The number of nitrogens with one attached hydrogen (secondary N) is 2. The van der Waals surface area contributed by atoms with Crippen LogP contribution in [-0.2, 0) is 22.6 Å². The minimum atomic E-state index is -0.967. The lowest BCUT2D eigenvalue weighted by Crippen LogP contribution is -2.17. The summed E-state index contributed by atoms with van der Waals surface area (Å²) in [7, 11) is 0. The summed E-state index contributed by atoms with van der Waals surface area (Å²) in [5.74, 6) is -0.585. The van der Waals surface area contributed by atoms with Crippen molar-refractivity contribution < 1.29 is 24.2 Å². The first-order valence-electron chi connectivity index (χ1n) is 10.6. The Morgan fingerprint density at radius 3 is 2.60 bits per heavy atom. The number of carboxylic acid groups (broad SMARTS) is 1. The van der Waals surface area contributed by atoms with E-state index in [2.05, 4.69) is 27.2 Å². The average molecular weight is 476 g/mol. The predicted molar refractivity (Wildman–Crippen MR) is 131 cm³/mol. The van der Waals surface area contributed by atoms with Crippen molar-refractivity contribution >= 4 is 35.4 Å².